The Morgan fingerprint density at radius 3 is 2.35 bits per heavy atom. The van der Waals surface area contributed by atoms with Crippen LogP contribution in [0.1, 0.15) is 5.56 Å². The van der Waals surface area contributed by atoms with Crippen LogP contribution in [0.15, 0.2) is 48.5 Å². The molecule has 0 amide bonds. The average Bonchev–Trinajstić information content (AvgIpc) is 2.57. The minimum absolute atomic E-state index is 0.757. The number of piperazine rings is 1. The number of hydrogen-bond acceptors (Lipinski definition) is 3. The van der Waals surface area contributed by atoms with Crippen molar-refractivity contribution >= 4 is 0 Å². The molecule has 0 unspecified atom stereocenters. The van der Waals surface area contributed by atoms with Crippen LogP contribution in [0.2, 0.25) is 0 Å². The Kier molecular flexibility index (Phi) is 5.31. The summed E-state index contributed by atoms with van der Waals surface area (Å²) in [4.78, 5) is 4.85. The quantitative estimate of drug-likeness (QED) is 0.843. The number of benzene rings is 2. The highest BCUT2D eigenvalue weighted by Crippen LogP contribution is 2.23. The third-order valence-corrected chi connectivity index (χ3v) is 4.48. The Hall–Kier alpha value is -1.84. The van der Waals surface area contributed by atoms with Gasteiger partial charge in [0, 0.05) is 32.7 Å². The van der Waals surface area contributed by atoms with Crippen LogP contribution >= 0.6 is 0 Å². The van der Waals surface area contributed by atoms with Crippen LogP contribution in [-0.2, 0) is 0 Å². The van der Waals surface area contributed by atoms with E-state index in [2.05, 4.69) is 72.3 Å². The van der Waals surface area contributed by atoms with Gasteiger partial charge in [0.1, 0.15) is 12.4 Å². The molecule has 1 aliphatic rings. The zero-order valence-electron chi connectivity index (χ0n) is 14.2. The summed E-state index contributed by atoms with van der Waals surface area (Å²) in [5, 5.41) is 0. The lowest BCUT2D eigenvalue weighted by Gasteiger charge is -2.32. The van der Waals surface area contributed by atoms with E-state index < -0.39 is 0 Å². The molecular weight excluding hydrogens is 284 g/mol. The summed E-state index contributed by atoms with van der Waals surface area (Å²) in [6, 6.07) is 17.0. The van der Waals surface area contributed by atoms with Gasteiger partial charge >= 0.3 is 0 Å². The fraction of sp³-hybridized carbons (Fsp3) is 0.400. The van der Waals surface area contributed by atoms with Crippen LogP contribution in [0.25, 0.3) is 11.1 Å². The molecule has 3 rings (SSSR count). The van der Waals surface area contributed by atoms with Crippen LogP contribution in [0, 0.1) is 6.92 Å². The lowest BCUT2D eigenvalue weighted by atomic mass is 10.0. The van der Waals surface area contributed by atoms with Gasteiger partial charge in [-0.3, -0.25) is 4.90 Å². The van der Waals surface area contributed by atoms with E-state index in [1.54, 1.807) is 0 Å². The van der Waals surface area contributed by atoms with Crippen molar-refractivity contribution in [3.63, 3.8) is 0 Å². The minimum atomic E-state index is 0.757. The van der Waals surface area contributed by atoms with Gasteiger partial charge in [0.05, 0.1) is 0 Å². The summed E-state index contributed by atoms with van der Waals surface area (Å²) in [5.74, 6) is 0.954. The molecule has 23 heavy (non-hydrogen) atoms. The van der Waals surface area contributed by atoms with Crippen molar-refractivity contribution in [2.45, 2.75) is 6.92 Å². The van der Waals surface area contributed by atoms with Gasteiger partial charge in [-0.05, 0) is 37.2 Å². The number of rotatable bonds is 5. The van der Waals surface area contributed by atoms with E-state index in [1.165, 1.54) is 16.7 Å². The molecule has 0 N–H and O–H groups in total. The molecule has 1 aliphatic heterocycles. The molecule has 0 spiro atoms. The Labute approximate surface area is 139 Å². The van der Waals surface area contributed by atoms with Gasteiger partial charge < -0.3 is 9.64 Å². The van der Waals surface area contributed by atoms with Crippen molar-refractivity contribution in [2.24, 2.45) is 0 Å². The molecule has 1 saturated heterocycles. The summed E-state index contributed by atoms with van der Waals surface area (Å²) in [7, 11) is 2.18. The number of hydrogen-bond donors (Lipinski definition) is 0. The minimum Gasteiger partial charge on any atom is -0.492 e. The van der Waals surface area contributed by atoms with E-state index in [9.17, 15) is 0 Å². The average molecular weight is 310 g/mol. The molecule has 122 valence electrons. The van der Waals surface area contributed by atoms with Crippen molar-refractivity contribution in [1.82, 2.24) is 9.80 Å². The lowest BCUT2D eigenvalue weighted by Crippen LogP contribution is -2.45. The molecule has 1 fully saturated rings. The van der Waals surface area contributed by atoms with Crippen LogP contribution in [0.5, 0.6) is 5.75 Å². The van der Waals surface area contributed by atoms with Gasteiger partial charge in [-0.2, -0.15) is 0 Å². The van der Waals surface area contributed by atoms with E-state index in [0.717, 1.165) is 45.1 Å². The Morgan fingerprint density at radius 2 is 1.65 bits per heavy atom. The monoisotopic (exact) mass is 310 g/mol. The first kappa shape index (κ1) is 16.0. The fourth-order valence-electron chi connectivity index (χ4n) is 2.93. The first-order valence-corrected chi connectivity index (χ1v) is 8.41. The van der Waals surface area contributed by atoms with Crippen molar-refractivity contribution in [3.05, 3.63) is 54.1 Å². The molecule has 0 bridgehead atoms. The lowest BCUT2D eigenvalue weighted by molar-refractivity contribution is 0.134. The van der Waals surface area contributed by atoms with Gasteiger partial charge in [-0.1, -0.05) is 42.0 Å². The molecule has 0 atom stereocenters. The summed E-state index contributed by atoms with van der Waals surface area (Å²) < 4.78 is 5.89. The van der Waals surface area contributed by atoms with E-state index >= 15 is 0 Å². The van der Waals surface area contributed by atoms with Gasteiger partial charge in [0.2, 0.25) is 0 Å². The van der Waals surface area contributed by atoms with Crippen molar-refractivity contribution in [2.75, 3.05) is 46.4 Å². The Bertz CT molecular complexity index is 616. The van der Waals surface area contributed by atoms with Crippen molar-refractivity contribution < 1.29 is 4.74 Å². The molecule has 0 aromatic heterocycles. The van der Waals surface area contributed by atoms with Gasteiger partial charge in [0.25, 0.3) is 0 Å². The number of aryl methyl sites for hydroxylation is 1. The van der Waals surface area contributed by atoms with Crippen LogP contribution in [0.3, 0.4) is 0 Å². The third kappa shape index (κ3) is 4.57. The molecule has 1 heterocycles. The van der Waals surface area contributed by atoms with E-state index in [1.807, 2.05) is 0 Å². The molecule has 0 radical (unpaired) electrons. The zero-order valence-corrected chi connectivity index (χ0v) is 14.2. The third-order valence-electron chi connectivity index (χ3n) is 4.48. The van der Waals surface area contributed by atoms with E-state index in [-0.39, 0.29) is 0 Å². The summed E-state index contributed by atoms with van der Waals surface area (Å²) in [5.41, 5.74) is 3.78. The largest absolute Gasteiger partial charge is 0.492 e. The molecule has 3 heteroatoms. The van der Waals surface area contributed by atoms with Crippen molar-refractivity contribution in [3.8, 4) is 16.9 Å². The first-order chi connectivity index (χ1) is 11.2. The maximum Gasteiger partial charge on any atom is 0.119 e. The summed E-state index contributed by atoms with van der Waals surface area (Å²) >= 11 is 0. The smallest absolute Gasteiger partial charge is 0.119 e. The number of likely N-dealkylation sites (N-methyl/N-ethyl adjacent to an activating group) is 1. The molecule has 2 aromatic carbocycles. The second-order valence-corrected chi connectivity index (χ2v) is 6.39. The molecular formula is C20H26N2O. The highest BCUT2D eigenvalue weighted by Gasteiger charge is 2.13. The Morgan fingerprint density at radius 1 is 0.913 bits per heavy atom. The molecule has 3 nitrogen and oxygen atoms in total. The van der Waals surface area contributed by atoms with E-state index in [4.69, 9.17) is 4.74 Å². The first-order valence-electron chi connectivity index (χ1n) is 8.41. The fourth-order valence-corrected chi connectivity index (χ4v) is 2.93. The predicted molar refractivity (Wildman–Crippen MR) is 96.0 cm³/mol. The Balaban J connectivity index is 1.50. The molecule has 2 aromatic rings. The highest BCUT2D eigenvalue weighted by molar-refractivity contribution is 5.64. The van der Waals surface area contributed by atoms with Crippen LogP contribution < -0.4 is 4.74 Å². The summed E-state index contributed by atoms with van der Waals surface area (Å²) in [6.07, 6.45) is 0. The molecule has 0 saturated carbocycles. The zero-order chi connectivity index (χ0) is 16.1. The second-order valence-electron chi connectivity index (χ2n) is 6.39. The highest BCUT2D eigenvalue weighted by atomic mass is 16.5. The van der Waals surface area contributed by atoms with Crippen LogP contribution in [0.4, 0.5) is 0 Å². The normalized spacial score (nSPS) is 16.4. The molecule has 0 aliphatic carbocycles. The number of nitrogens with zero attached hydrogens (tertiary/aromatic N) is 2. The SMILES string of the molecule is Cc1cccc(-c2ccc(OCCN3CCN(C)CC3)cc2)c1. The maximum atomic E-state index is 5.89. The second kappa shape index (κ2) is 7.62. The van der Waals surface area contributed by atoms with Crippen molar-refractivity contribution in [1.29, 1.82) is 0 Å². The van der Waals surface area contributed by atoms with Gasteiger partial charge in [-0.25, -0.2) is 0 Å². The standard InChI is InChI=1S/C20H26N2O/c1-17-4-3-5-19(16-17)18-6-8-20(9-7-18)23-15-14-22-12-10-21(2)11-13-22/h3-9,16H,10-15H2,1-2H3. The van der Waals surface area contributed by atoms with Gasteiger partial charge in [-0.15, -0.1) is 0 Å². The van der Waals surface area contributed by atoms with Gasteiger partial charge in [0.15, 0.2) is 0 Å². The van der Waals surface area contributed by atoms with E-state index in [0.29, 0.717) is 0 Å². The predicted octanol–water partition coefficient (Wildman–Crippen LogP) is 3.29. The number of ether oxygens (including phenoxy) is 1. The maximum absolute atomic E-state index is 5.89. The summed E-state index contributed by atoms with van der Waals surface area (Å²) in [6.45, 7) is 8.50. The van der Waals surface area contributed by atoms with Crippen LogP contribution in [-0.4, -0.2) is 56.2 Å². The topological polar surface area (TPSA) is 15.7 Å².